The third kappa shape index (κ3) is 2.45. The Morgan fingerprint density at radius 1 is 0.897 bits per heavy atom. The van der Waals surface area contributed by atoms with Gasteiger partial charge in [0.25, 0.3) is 0 Å². The minimum absolute atomic E-state index is 0.0495. The van der Waals surface area contributed by atoms with Crippen LogP contribution in [0.25, 0.3) is 5.57 Å². The van der Waals surface area contributed by atoms with Crippen LogP contribution in [-0.2, 0) is 6.42 Å². The van der Waals surface area contributed by atoms with Gasteiger partial charge in [0.1, 0.15) is 10.4 Å². The lowest BCUT2D eigenvalue weighted by Crippen LogP contribution is -2.49. The maximum Gasteiger partial charge on any atom is 0.467 e. The van der Waals surface area contributed by atoms with Gasteiger partial charge in [-0.1, -0.05) is 20.8 Å². The molecule has 0 spiro atoms. The SMILES string of the molecule is CCC1=C(C)N2C(=C(C)c3c(C)c(CC)c(C)n3S2(C(F)(F)F)C(F)(F)F)C1C. The number of fused-ring (bicyclic) bond motifs is 2. The minimum atomic E-state index is -5.50. The highest BCUT2D eigenvalue weighted by atomic mass is 32.3. The number of hydrogen-bond acceptors (Lipinski definition) is 1. The van der Waals surface area contributed by atoms with Crippen molar-refractivity contribution < 1.29 is 26.3 Å². The van der Waals surface area contributed by atoms with Crippen LogP contribution in [0.3, 0.4) is 0 Å². The third-order valence-electron chi connectivity index (χ3n) is 6.32. The Morgan fingerprint density at radius 2 is 1.41 bits per heavy atom. The molecule has 0 amide bonds. The van der Waals surface area contributed by atoms with Gasteiger partial charge in [-0.2, -0.15) is 26.3 Å². The maximum absolute atomic E-state index is 14.7. The monoisotopic (exact) mass is 440 g/mol. The standard InChI is InChI=1S/C20H26F6N2S/c1-8-15-10(3)17-12(5)18-11(4)16(9-2)14(7)28(18)29(19(21,22)23,20(24,25)26)27(17)13(15)6/h10H,8-9H2,1-7H3. The fraction of sp³-hybridized carbons (Fsp3) is 0.600. The lowest BCUT2D eigenvalue weighted by atomic mass is 9.94. The number of halogens is 6. The van der Waals surface area contributed by atoms with Crippen LogP contribution in [0.1, 0.15) is 63.6 Å². The second-order valence-corrected chi connectivity index (χ2v) is 10.4. The fourth-order valence-corrected chi connectivity index (χ4v) is 8.63. The molecule has 0 saturated carbocycles. The van der Waals surface area contributed by atoms with Gasteiger partial charge in [-0.05, 0) is 62.8 Å². The Labute approximate surface area is 168 Å². The minimum Gasteiger partial charge on any atom is -0.280 e. The first-order chi connectivity index (χ1) is 13.2. The number of nitrogens with zero attached hydrogens (tertiary/aromatic N) is 2. The van der Waals surface area contributed by atoms with Crippen LogP contribution in [0.4, 0.5) is 26.3 Å². The molecule has 2 aliphatic heterocycles. The predicted octanol–water partition coefficient (Wildman–Crippen LogP) is 7.57. The molecule has 1 unspecified atom stereocenters. The van der Waals surface area contributed by atoms with Gasteiger partial charge in [-0.15, -0.1) is 0 Å². The summed E-state index contributed by atoms with van der Waals surface area (Å²) in [5, 5.41) is 0. The Kier molecular flexibility index (Phi) is 4.97. The summed E-state index contributed by atoms with van der Waals surface area (Å²) in [5.74, 6) is -0.495. The van der Waals surface area contributed by atoms with Gasteiger partial charge in [0, 0.05) is 23.0 Å². The predicted molar refractivity (Wildman–Crippen MR) is 105 cm³/mol. The number of allylic oxidation sites excluding steroid dienone is 3. The molecule has 1 aromatic heterocycles. The number of aromatic nitrogens is 1. The molecule has 1 atom stereocenters. The largest absolute Gasteiger partial charge is 0.467 e. The van der Waals surface area contributed by atoms with Crippen molar-refractivity contribution >= 4 is 16.0 Å². The lowest BCUT2D eigenvalue weighted by molar-refractivity contribution is -0.0871. The van der Waals surface area contributed by atoms with Crippen LogP contribution in [0.2, 0.25) is 0 Å². The molecule has 2 nitrogen and oxygen atoms in total. The number of alkyl halides is 6. The summed E-state index contributed by atoms with van der Waals surface area (Å²) in [5.41, 5.74) is -8.48. The van der Waals surface area contributed by atoms with Crippen molar-refractivity contribution in [3.05, 3.63) is 39.5 Å². The Morgan fingerprint density at radius 3 is 1.83 bits per heavy atom. The van der Waals surface area contributed by atoms with Crippen LogP contribution >= 0.6 is 10.4 Å². The highest BCUT2D eigenvalue weighted by molar-refractivity contribution is 8.32. The molecule has 9 heteroatoms. The second-order valence-electron chi connectivity index (χ2n) is 7.62. The van der Waals surface area contributed by atoms with Crippen molar-refractivity contribution in [1.82, 2.24) is 8.28 Å². The molecule has 0 radical (unpaired) electrons. The smallest absolute Gasteiger partial charge is 0.280 e. The molecule has 1 aromatic rings. The Hall–Kier alpha value is -1.51. The van der Waals surface area contributed by atoms with E-state index >= 15 is 0 Å². The summed E-state index contributed by atoms with van der Waals surface area (Å²) in [4.78, 5) is 0. The summed E-state index contributed by atoms with van der Waals surface area (Å²) >= 11 is 0. The molecular formula is C20H26F6N2S. The molecular weight excluding hydrogens is 414 g/mol. The van der Waals surface area contributed by atoms with E-state index in [1.54, 1.807) is 34.6 Å². The van der Waals surface area contributed by atoms with Crippen molar-refractivity contribution in [1.29, 1.82) is 0 Å². The molecule has 29 heavy (non-hydrogen) atoms. The van der Waals surface area contributed by atoms with Gasteiger partial charge in [0.2, 0.25) is 0 Å². The van der Waals surface area contributed by atoms with E-state index in [4.69, 9.17) is 0 Å². The first-order valence-corrected chi connectivity index (χ1v) is 11.1. The van der Waals surface area contributed by atoms with Crippen molar-refractivity contribution in [2.24, 2.45) is 5.92 Å². The van der Waals surface area contributed by atoms with E-state index in [9.17, 15) is 26.3 Å². The second kappa shape index (κ2) is 6.49. The summed E-state index contributed by atoms with van der Waals surface area (Å²) in [6.45, 7) is 11.3. The van der Waals surface area contributed by atoms with E-state index in [2.05, 4.69) is 0 Å². The topological polar surface area (TPSA) is 8.17 Å². The average molecular weight is 440 g/mol. The summed E-state index contributed by atoms with van der Waals surface area (Å²) < 4.78 is 89.4. The molecule has 2 aliphatic rings. The van der Waals surface area contributed by atoms with Crippen LogP contribution in [0, 0.1) is 19.8 Å². The van der Waals surface area contributed by atoms with Gasteiger partial charge in [-0.25, -0.2) is 0 Å². The van der Waals surface area contributed by atoms with Gasteiger partial charge in [0.05, 0.1) is 5.69 Å². The molecule has 164 valence electrons. The normalized spacial score (nSPS) is 22.9. The molecule has 0 N–H and O–H groups in total. The van der Waals surface area contributed by atoms with Gasteiger partial charge in [0.15, 0.2) is 0 Å². The molecule has 3 rings (SSSR count). The molecule has 0 fully saturated rings. The first kappa shape index (κ1) is 22.2. The number of hydrogen-bond donors (Lipinski definition) is 0. The zero-order valence-electron chi connectivity index (χ0n) is 17.6. The summed E-state index contributed by atoms with van der Waals surface area (Å²) in [6.07, 6.45) is 0.772. The van der Waals surface area contributed by atoms with E-state index in [-0.39, 0.29) is 22.8 Å². The van der Waals surface area contributed by atoms with Crippen LogP contribution < -0.4 is 0 Å². The molecule has 3 heterocycles. The van der Waals surface area contributed by atoms with Crippen LogP contribution in [0.15, 0.2) is 17.0 Å². The average Bonchev–Trinajstić information content (AvgIpc) is 2.97. The molecule has 0 saturated heterocycles. The molecule has 0 bridgehead atoms. The van der Waals surface area contributed by atoms with Crippen molar-refractivity contribution in [2.45, 2.75) is 72.3 Å². The van der Waals surface area contributed by atoms with E-state index in [1.165, 1.54) is 13.8 Å². The fourth-order valence-electron chi connectivity index (χ4n) is 5.23. The van der Waals surface area contributed by atoms with Crippen LogP contribution in [0.5, 0.6) is 0 Å². The quantitative estimate of drug-likeness (QED) is 0.431. The first-order valence-electron chi connectivity index (χ1n) is 9.58. The van der Waals surface area contributed by atoms with Gasteiger partial charge in [-0.3, -0.25) is 8.28 Å². The number of rotatable bonds is 2. The Bertz CT molecular complexity index is 918. The highest BCUT2D eigenvalue weighted by Gasteiger charge is 2.75. The van der Waals surface area contributed by atoms with Crippen molar-refractivity contribution in [3.8, 4) is 0 Å². The van der Waals surface area contributed by atoms with Gasteiger partial charge < -0.3 is 0 Å². The lowest BCUT2D eigenvalue weighted by Gasteiger charge is -2.54. The van der Waals surface area contributed by atoms with Crippen molar-refractivity contribution in [2.75, 3.05) is 0 Å². The maximum atomic E-state index is 14.7. The van der Waals surface area contributed by atoms with Gasteiger partial charge >= 0.3 is 11.0 Å². The van der Waals surface area contributed by atoms with E-state index < -0.39 is 27.3 Å². The Balaban J connectivity index is 2.63. The van der Waals surface area contributed by atoms with E-state index in [0.717, 1.165) is 0 Å². The van der Waals surface area contributed by atoms with Crippen LogP contribution in [-0.4, -0.2) is 19.3 Å². The molecule has 0 aliphatic carbocycles. The van der Waals surface area contributed by atoms with Crippen molar-refractivity contribution in [3.63, 3.8) is 0 Å². The third-order valence-corrected chi connectivity index (χ3v) is 9.60. The molecule has 0 aromatic carbocycles. The van der Waals surface area contributed by atoms with E-state index in [1.807, 2.05) is 0 Å². The summed E-state index contributed by atoms with van der Waals surface area (Å²) in [6, 6.07) is 0. The zero-order valence-corrected chi connectivity index (χ0v) is 18.4. The summed E-state index contributed by atoms with van der Waals surface area (Å²) in [7, 11) is -5.43. The zero-order chi connectivity index (χ0) is 22.3. The highest BCUT2D eigenvalue weighted by Crippen LogP contribution is 2.80. The van der Waals surface area contributed by atoms with E-state index in [0.29, 0.717) is 43.4 Å².